The molecule has 3 nitrogen and oxygen atoms in total. The van der Waals surface area contributed by atoms with E-state index in [1.807, 2.05) is 0 Å². The third-order valence-electron chi connectivity index (χ3n) is 4.75. The number of aliphatic hydroxyl groups is 2. The zero-order valence-corrected chi connectivity index (χ0v) is 11.6. The molecule has 0 aromatic rings. The fraction of sp³-hybridized carbons (Fsp3) is 1.00. The van der Waals surface area contributed by atoms with Gasteiger partial charge in [-0.05, 0) is 53.4 Å². The molecular weight excluding hydrogens is 214 g/mol. The second kappa shape index (κ2) is 3.69. The van der Waals surface area contributed by atoms with Crippen LogP contribution >= 0.6 is 0 Å². The van der Waals surface area contributed by atoms with Gasteiger partial charge >= 0.3 is 0 Å². The fourth-order valence-corrected chi connectivity index (χ4v) is 4.28. The van der Waals surface area contributed by atoms with E-state index in [2.05, 4.69) is 33.0 Å². The summed E-state index contributed by atoms with van der Waals surface area (Å²) in [7, 11) is 0. The number of hydrogen-bond donors (Lipinski definition) is 3. The summed E-state index contributed by atoms with van der Waals surface area (Å²) < 4.78 is 0. The minimum Gasteiger partial charge on any atom is -0.396 e. The first-order valence-electron chi connectivity index (χ1n) is 6.76. The van der Waals surface area contributed by atoms with Crippen LogP contribution in [0.1, 0.15) is 59.8 Å². The molecule has 1 aliphatic carbocycles. The maximum Gasteiger partial charge on any atom is 0.0760 e. The molecule has 1 heterocycles. The maximum absolute atomic E-state index is 11.1. The van der Waals surface area contributed by atoms with Crippen molar-refractivity contribution in [1.82, 2.24) is 5.32 Å². The highest BCUT2D eigenvalue weighted by Crippen LogP contribution is 2.55. The third-order valence-corrected chi connectivity index (χ3v) is 4.75. The lowest BCUT2D eigenvalue weighted by atomic mass is 9.52. The van der Waals surface area contributed by atoms with Gasteiger partial charge in [-0.1, -0.05) is 6.42 Å². The van der Waals surface area contributed by atoms with Gasteiger partial charge in [0, 0.05) is 16.5 Å². The van der Waals surface area contributed by atoms with E-state index in [9.17, 15) is 10.2 Å². The van der Waals surface area contributed by atoms with Crippen molar-refractivity contribution in [3.05, 3.63) is 0 Å². The van der Waals surface area contributed by atoms with E-state index in [1.165, 1.54) is 0 Å². The highest BCUT2D eigenvalue weighted by Gasteiger charge is 2.59. The largest absolute Gasteiger partial charge is 0.396 e. The van der Waals surface area contributed by atoms with E-state index in [4.69, 9.17) is 0 Å². The highest BCUT2D eigenvalue weighted by atomic mass is 16.3. The summed E-state index contributed by atoms with van der Waals surface area (Å²) in [6.07, 6.45) is 4.52. The standard InChI is InChI=1S/C14H27NO2/c1-11(2)8-14(17,9-12(3,4)15-11)13(10-16)6-5-7-13/h15-17H,5-10H2,1-4H3. The average Bonchev–Trinajstić information content (AvgIpc) is 1.93. The van der Waals surface area contributed by atoms with Crippen molar-refractivity contribution in [2.75, 3.05) is 6.61 Å². The summed E-state index contributed by atoms with van der Waals surface area (Å²) in [5, 5.41) is 24.4. The van der Waals surface area contributed by atoms with Crippen LogP contribution in [0.3, 0.4) is 0 Å². The number of nitrogens with one attached hydrogen (secondary N) is 1. The van der Waals surface area contributed by atoms with Crippen molar-refractivity contribution in [2.24, 2.45) is 5.41 Å². The maximum atomic E-state index is 11.1. The van der Waals surface area contributed by atoms with Crippen molar-refractivity contribution in [3.8, 4) is 0 Å². The van der Waals surface area contributed by atoms with Crippen LogP contribution in [-0.4, -0.2) is 33.5 Å². The highest BCUT2D eigenvalue weighted by molar-refractivity contribution is 5.13. The second-order valence-electron chi connectivity index (χ2n) is 7.57. The first kappa shape index (κ1) is 13.3. The zero-order chi connectivity index (χ0) is 12.9. The van der Waals surface area contributed by atoms with Gasteiger partial charge in [0.2, 0.25) is 0 Å². The van der Waals surface area contributed by atoms with Crippen LogP contribution in [0.4, 0.5) is 0 Å². The van der Waals surface area contributed by atoms with Crippen LogP contribution in [0.5, 0.6) is 0 Å². The van der Waals surface area contributed by atoms with Gasteiger partial charge in [-0.3, -0.25) is 0 Å². The number of rotatable bonds is 2. The smallest absolute Gasteiger partial charge is 0.0760 e. The predicted molar refractivity (Wildman–Crippen MR) is 68.8 cm³/mol. The molecule has 0 spiro atoms. The minimum absolute atomic E-state index is 0.0751. The van der Waals surface area contributed by atoms with Crippen LogP contribution in [-0.2, 0) is 0 Å². The number of hydrogen-bond acceptors (Lipinski definition) is 3. The van der Waals surface area contributed by atoms with Crippen molar-refractivity contribution in [1.29, 1.82) is 0 Å². The van der Waals surface area contributed by atoms with Gasteiger partial charge in [-0.15, -0.1) is 0 Å². The lowest BCUT2D eigenvalue weighted by Crippen LogP contribution is -2.69. The van der Waals surface area contributed by atoms with Gasteiger partial charge in [0.05, 0.1) is 12.2 Å². The Kier molecular flexibility index (Phi) is 2.89. The van der Waals surface area contributed by atoms with Crippen molar-refractivity contribution in [3.63, 3.8) is 0 Å². The Hall–Kier alpha value is -0.120. The molecule has 0 amide bonds. The van der Waals surface area contributed by atoms with E-state index in [1.54, 1.807) is 0 Å². The molecule has 1 saturated carbocycles. The van der Waals surface area contributed by atoms with Crippen LogP contribution in [0, 0.1) is 5.41 Å². The Morgan fingerprint density at radius 3 is 1.76 bits per heavy atom. The fourth-order valence-electron chi connectivity index (χ4n) is 4.28. The van der Waals surface area contributed by atoms with Crippen LogP contribution in [0.25, 0.3) is 0 Å². The van der Waals surface area contributed by atoms with Gasteiger partial charge in [0.25, 0.3) is 0 Å². The Morgan fingerprint density at radius 2 is 1.47 bits per heavy atom. The monoisotopic (exact) mass is 241 g/mol. The first-order valence-corrected chi connectivity index (χ1v) is 6.76. The molecule has 3 N–H and O–H groups in total. The summed E-state index contributed by atoms with van der Waals surface area (Å²) in [5.41, 5.74) is -1.12. The minimum atomic E-state index is -0.724. The van der Waals surface area contributed by atoms with Crippen LogP contribution in [0.15, 0.2) is 0 Å². The van der Waals surface area contributed by atoms with Crippen molar-refractivity contribution >= 4 is 0 Å². The quantitative estimate of drug-likeness (QED) is 0.691. The molecule has 0 aromatic carbocycles. The molecule has 0 aromatic heterocycles. The summed E-state index contributed by atoms with van der Waals surface area (Å²) in [5.74, 6) is 0. The molecule has 0 radical (unpaired) electrons. The molecule has 2 aliphatic rings. The molecule has 0 bridgehead atoms. The van der Waals surface area contributed by atoms with Gasteiger partial charge in [-0.25, -0.2) is 0 Å². The van der Waals surface area contributed by atoms with Gasteiger partial charge in [-0.2, -0.15) is 0 Å². The van der Waals surface area contributed by atoms with E-state index < -0.39 is 5.60 Å². The van der Waals surface area contributed by atoms with Crippen molar-refractivity contribution < 1.29 is 10.2 Å². The van der Waals surface area contributed by atoms with Gasteiger partial charge in [0.1, 0.15) is 0 Å². The molecule has 3 heteroatoms. The predicted octanol–water partition coefficient (Wildman–Crippen LogP) is 1.82. The molecule has 1 aliphatic heterocycles. The molecule has 1 saturated heterocycles. The SMILES string of the molecule is CC1(C)CC(O)(C2(CO)CCC2)CC(C)(C)N1. The first-order chi connectivity index (χ1) is 7.64. The second-order valence-corrected chi connectivity index (χ2v) is 7.57. The normalized spacial score (nSPS) is 32.8. The van der Waals surface area contributed by atoms with E-state index in [-0.39, 0.29) is 23.1 Å². The third kappa shape index (κ3) is 2.13. The van der Waals surface area contributed by atoms with Gasteiger partial charge in [0.15, 0.2) is 0 Å². The molecule has 0 atom stereocenters. The summed E-state index contributed by atoms with van der Waals surface area (Å²) in [4.78, 5) is 0. The Labute approximate surface area is 105 Å². The number of aliphatic hydroxyl groups excluding tert-OH is 1. The van der Waals surface area contributed by atoms with E-state index >= 15 is 0 Å². The lowest BCUT2D eigenvalue weighted by molar-refractivity contribution is -0.191. The Morgan fingerprint density at radius 1 is 1.00 bits per heavy atom. The number of piperidine rings is 1. The van der Waals surface area contributed by atoms with Crippen LogP contribution in [0.2, 0.25) is 0 Å². The molecule has 0 unspecified atom stereocenters. The summed E-state index contributed by atoms with van der Waals surface area (Å²) >= 11 is 0. The summed E-state index contributed by atoms with van der Waals surface area (Å²) in [6, 6.07) is 0. The molecule has 100 valence electrons. The average molecular weight is 241 g/mol. The zero-order valence-electron chi connectivity index (χ0n) is 11.6. The van der Waals surface area contributed by atoms with Gasteiger partial charge < -0.3 is 15.5 Å². The van der Waals surface area contributed by atoms with Crippen LogP contribution < -0.4 is 5.32 Å². The molecule has 2 rings (SSSR count). The Balaban J connectivity index is 2.30. The summed E-state index contributed by atoms with van der Waals surface area (Å²) in [6.45, 7) is 8.69. The topological polar surface area (TPSA) is 52.5 Å². The molecule has 17 heavy (non-hydrogen) atoms. The van der Waals surface area contributed by atoms with E-state index in [0.717, 1.165) is 32.1 Å². The molecule has 2 fully saturated rings. The van der Waals surface area contributed by atoms with Crippen molar-refractivity contribution in [2.45, 2.75) is 76.5 Å². The molecular formula is C14H27NO2. The lowest BCUT2D eigenvalue weighted by Gasteiger charge is -2.60. The van der Waals surface area contributed by atoms with E-state index in [0.29, 0.717) is 0 Å². The Bertz CT molecular complexity index is 284.